The lowest BCUT2D eigenvalue weighted by atomic mass is 9.96. The molecule has 7 nitrogen and oxygen atoms in total. The maximum Gasteiger partial charge on any atom is 0.288 e. The number of imide groups is 1. The fraction of sp³-hybridized carbons (Fsp3) is 0.500. The second-order valence-electron chi connectivity index (χ2n) is 7.40. The average Bonchev–Trinajstić information content (AvgIpc) is 3.31. The number of rotatable bonds is 6. The summed E-state index contributed by atoms with van der Waals surface area (Å²) in [4.78, 5) is 43.9. The molecule has 3 amide bonds. The number of likely N-dealkylation sites (tertiary alicyclic amines) is 1. The van der Waals surface area contributed by atoms with E-state index in [1.54, 1.807) is 11.3 Å². The highest BCUT2D eigenvalue weighted by Crippen LogP contribution is 2.34. The van der Waals surface area contributed by atoms with Gasteiger partial charge in [-0.25, -0.2) is 4.98 Å². The van der Waals surface area contributed by atoms with E-state index in [0.29, 0.717) is 12.5 Å². The lowest BCUT2D eigenvalue weighted by Gasteiger charge is -2.34. The largest absolute Gasteiger partial charge is 0.353 e. The summed E-state index contributed by atoms with van der Waals surface area (Å²) in [7, 11) is 0. The summed E-state index contributed by atoms with van der Waals surface area (Å²) in [6.45, 7) is 4.16. The minimum Gasteiger partial charge on any atom is -0.353 e. The summed E-state index contributed by atoms with van der Waals surface area (Å²) in [5, 5.41) is 3.83. The number of thioether (sulfide) groups is 1. The van der Waals surface area contributed by atoms with Crippen LogP contribution in [0.1, 0.15) is 30.7 Å². The first-order chi connectivity index (χ1) is 14.0. The number of fused-ring (bicyclic) bond motifs is 1. The number of aromatic nitrogens is 1. The summed E-state index contributed by atoms with van der Waals surface area (Å²) >= 11 is 2.79. The molecule has 0 radical (unpaired) electrons. The Hall–Kier alpha value is -1.97. The normalized spacial score (nSPS) is 19.8. The maximum atomic E-state index is 12.5. The van der Waals surface area contributed by atoms with Crippen LogP contribution in [0.4, 0.5) is 4.79 Å². The Labute approximate surface area is 177 Å². The van der Waals surface area contributed by atoms with E-state index in [2.05, 4.69) is 22.3 Å². The molecule has 1 N–H and O–H groups in total. The van der Waals surface area contributed by atoms with Crippen LogP contribution in [0, 0.1) is 0 Å². The molecule has 2 fully saturated rings. The van der Waals surface area contributed by atoms with Crippen molar-refractivity contribution in [3.63, 3.8) is 0 Å². The lowest BCUT2D eigenvalue weighted by Crippen LogP contribution is -2.49. The van der Waals surface area contributed by atoms with E-state index in [1.807, 2.05) is 19.1 Å². The average molecular weight is 433 g/mol. The molecule has 1 atom stereocenters. The Morgan fingerprint density at radius 2 is 2.03 bits per heavy atom. The molecular formula is C20H24N4O3S2. The van der Waals surface area contributed by atoms with Gasteiger partial charge < -0.3 is 5.32 Å². The van der Waals surface area contributed by atoms with Crippen LogP contribution in [0.15, 0.2) is 24.3 Å². The molecule has 9 heteroatoms. The van der Waals surface area contributed by atoms with Gasteiger partial charge in [-0.1, -0.05) is 23.9 Å². The van der Waals surface area contributed by atoms with Crippen molar-refractivity contribution in [1.29, 1.82) is 0 Å². The molecule has 2 aromatic rings. The zero-order valence-electron chi connectivity index (χ0n) is 16.3. The van der Waals surface area contributed by atoms with Crippen LogP contribution in [-0.4, -0.2) is 69.8 Å². The van der Waals surface area contributed by atoms with Crippen LogP contribution >= 0.6 is 23.1 Å². The number of amides is 3. The minimum atomic E-state index is -0.231. The molecule has 1 aromatic heterocycles. The monoisotopic (exact) mass is 432 g/mol. The second-order valence-corrected chi connectivity index (χ2v) is 9.39. The number of carbonyl (C=O) groups excluding carboxylic acids is 3. The number of piperidine rings is 1. The number of para-hydroxylation sites is 1. The fourth-order valence-electron chi connectivity index (χ4n) is 3.80. The highest BCUT2D eigenvalue weighted by molar-refractivity contribution is 8.14. The third-order valence-corrected chi connectivity index (χ3v) is 7.65. The van der Waals surface area contributed by atoms with Crippen molar-refractivity contribution in [2.75, 3.05) is 31.9 Å². The Morgan fingerprint density at radius 3 is 2.72 bits per heavy atom. The number of benzene rings is 1. The van der Waals surface area contributed by atoms with Crippen molar-refractivity contribution >= 4 is 50.4 Å². The summed E-state index contributed by atoms with van der Waals surface area (Å²) in [6, 6.07) is 7.99. The van der Waals surface area contributed by atoms with Crippen LogP contribution in [0.3, 0.4) is 0 Å². The van der Waals surface area contributed by atoms with Crippen LogP contribution in [-0.2, 0) is 9.59 Å². The molecule has 2 aliphatic heterocycles. The molecule has 29 heavy (non-hydrogen) atoms. The predicted octanol–water partition coefficient (Wildman–Crippen LogP) is 2.68. The van der Waals surface area contributed by atoms with Crippen LogP contribution in [0.2, 0.25) is 0 Å². The first-order valence-corrected chi connectivity index (χ1v) is 11.7. The van der Waals surface area contributed by atoms with Crippen molar-refractivity contribution in [2.45, 2.75) is 31.7 Å². The zero-order chi connectivity index (χ0) is 20.4. The van der Waals surface area contributed by atoms with Gasteiger partial charge in [0.05, 0.1) is 27.0 Å². The molecule has 4 rings (SSSR count). The molecule has 0 bridgehead atoms. The van der Waals surface area contributed by atoms with Gasteiger partial charge in [0.15, 0.2) is 0 Å². The lowest BCUT2D eigenvalue weighted by molar-refractivity contribution is -0.128. The number of hydrogen-bond acceptors (Lipinski definition) is 7. The predicted molar refractivity (Wildman–Crippen MR) is 115 cm³/mol. The van der Waals surface area contributed by atoms with Gasteiger partial charge >= 0.3 is 0 Å². The van der Waals surface area contributed by atoms with Crippen LogP contribution < -0.4 is 5.32 Å². The molecule has 0 spiro atoms. The Kier molecular flexibility index (Phi) is 6.17. The van der Waals surface area contributed by atoms with E-state index < -0.39 is 0 Å². The first-order valence-electron chi connectivity index (χ1n) is 9.87. The van der Waals surface area contributed by atoms with Gasteiger partial charge in [0.2, 0.25) is 11.8 Å². The summed E-state index contributed by atoms with van der Waals surface area (Å²) in [5.74, 6) is 0.408. The second kappa shape index (κ2) is 8.81. The van der Waals surface area contributed by atoms with Crippen molar-refractivity contribution in [3.8, 4) is 0 Å². The van der Waals surface area contributed by atoms with E-state index in [0.717, 1.165) is 43.2 Å². The maximum absolute atomic E-state index is 12.5. The van der Waals surface area contributed by atoms with Gasteiger partial charge in [-0.15, -0.1) is 11.3 Å². The van der Waals surface area contributed by atoms with E-state index in [-0.39, 0.29) is 35.4 Å². The number of thiazole rings is 1. The first kappa shape index (κ1) is 20.3. The molecule has 1 aromatic carbocycles. The van der Waals surface area contributed by atoms with Gasteiger partial charge in [0, 0.05) is 19.0 Å². The third kappa shape index (κ3) is 4.46. The fourth-order valence-corrected chi connectivity index (χ4v) is 5.69. The van der Waals surface area contributed by atoms with Crippen molar-refractivity contribution in [2.24, 2.45) is 0 Å². The molecular weight excluding hydrogens is 408 g/mol. The molecule has 154 valence electrons. The Balaban J connectivity index is 1.25. The van der Waals surface area contributed by atoms with Crippen molar-refractivity contribution < 1.29 is 14.4 Å². The van der Waals surface area contributed by atoms with Crippen molar-refractivity contribution in [3.05, 3.63) is 29.3 Å². The number of carbonyl (C=O) groups is 3. The molecule has 3 heterocycles. The molecule has 2 saturated heterocycles. The quantitative estimate of drug-likeness (QED) is 0.756. The Bertz CT molecular complexity index is 874. The Morgan fingerprint density at radius 1 is 1.28 bits per heavy atom. The molecule has 2 aliphatic rings. The van der Waals surface area contributed by atoms with Crippen LogP contribution in [0.25, 0.3) is 10.2 Å². The number of nitrogens with zero attached hydrogens (tertiary/aromatic N) is 3. The number of hydrogen-bond donors (Lipinski definition) is 1. The van der Waals surface area contributed by atoms with Gasteiger partial charge in [-0.05, 0) is 45.0 Å². The molecule has 0 saturated carbocycles. The zero-order valence-corrected chi connectivity index (χ0v) is 17.9. The highest BCUT2D eigenvalue weighted by Gasteiger charge is 2.31. The summed E-state index contributed by atoms with van der Waals surface area (Å²) < 4.78 is 1.23. The van der Waals surface area contributed by atoms with Gasteiger partial charge in [0.25, 0.3) is 5.24 Å². The van der Waals surface area contributed by atoms with E-state index in [4.69, 9.17) is 4.98 Å². The third-order valence-electron chi connectivity index (χ3n) is 5.59. The minimum absolute atomic E-state index is 0.0600. The topological polar surface area (TPSA) is 82.6 Å². The van der Waals surface area contributed by atoms with E-state index >= 15 is 0 Å². The molecule has 1 unspecified atom stereocenters. The summed E-state index contributed by atoms with van der Waals surface area (Å²) in [5.41, 5.74) is 1.07. The smallest absolute Gasteiger partial charge is 0.288 e. The van der Waals surface area contributed by atoms with Gasteiger partial charge in [-0.2, -0.15) is 0 Å². The summed E-state index contributed by atoms with van der Waals surface area (Å²) in [6.07, 6.45) is 1.98. The van der Waals surface area contributed by atoms with Gasteiger partial charge in [-0.3, -0.25) is 24.2 Å². The standard InChI is InChI=1S/C20H24N4O3S2/c1-13(18(26)21-8-11-24-17(25)12-28-20(24)27)23-9-6-14(7-10-23)19-22-15-4-2-3-5-16(15)29-19/h2-5,13-14H,6-12H2,1H3,(H,21,26). The SMILES string of the molecule is CC(C(=O)NCCN1C(=O)CSC1=O)N1CCC(c2nc3ccccc3s2)CC1. The highest BCUT2D eigenvalue weighted by atomic mass is 32.2. The van der Waals surface area contributed by atoms with E-state index in [9.17, 15) is 14.4 Å². The van der Waals surface area contributed by atoms with Crippen molar-refractivity contribution in [1.82, 2.24) is 20.1 Å². The number of nitrogens with one attached hydrogen (secondary N) is 1. The van der Waals surface area contributed by atoms with E-state index in [1.165, 1.54) is 14.6 Å². The van der Waals surface area contributed by atoms with Crippen LogP contribution in [0.5, 0.6) is 0 Å². The molecule has 0 aliphatic carbocycles. The van der Waals surface area contributed by atoms with Gasteiger partial charge in [0.1, 0.15) is 0 Å².